The third-order valence-electron chi connectivity index (χ3n) is 5.64. The molecule has 0 aromatic heterocycles. The van der Waals surface area contributed by atoms with Gasteiger partial charge in [-0.05, 0) is 44.9 Å². The second-order valence-electron chi connectivity index (χ2n) is 8.45. The molecular formula is C25H35N3O5S. The van der Waals surface area contributed by atoms with Gasteiger partial charge in [0.1, 0.15) is 18.3 Å². The Morgan fingerprint density at radius 3 is 2.35 bits per heavy atom. The van der Waals surface area contributed by atoms with E-state index < -0.39 is 28.5 Å². The van der Waals surface area contributed by atoms with Crippen molar-refractivity contribution in [2.75, 3.05) is 24.2 Å². The van der Waals surface area contributed by atoms with Crippen LogP contribution in [-0.2, 0) is 26.2 Å². The Morgan fingerprint density at radius 2 is 1.76 bits per heavy atom. The van der Waals surface area contributed by atoms with E-state index in [1.807, 2.05) is 45.0 Å². The second-order valence-corrected chi connectivity index (χ2v) is 10.4. The van der Waals surface area contributed by atoms with Crippen molar-refractivity contribution in [2.45, 2.75) is 52.7 Å². The largest absolute Gasteiger partial charge is 0.495 e. The molecule has 1 N–H and O–H groups in total. The second kappa shape index (κ2) is 11.9. The Morgan fingerprint density at radius 1 is 1.09 bits per heavy atom. The number of aryl methyl sites for hydroxylation is 1. The first-order valence-electron chi connectivity index (χ1n) is 11.2. The van der Waals surface area contributed by atoms with Crippen molar-refractivity contribution in [1.82, 2.24) is 10.2 Å². The number of nitrogens with zero attached hydrogens (tertiary/aromatic N) is 2. The summed E-state index contributed by atoms with van der Waals surface area (Å²) in [5, 5.41) is 2.91. The Labute approximate surface area is 202 Å². The Hall–Kier alpha value is -3.07. The summed E-state index contributed by atoms with van der Waals surface area (Å²) in [5.74, 6) is -0.461. The lowest BCUT2D eigenvalue weighted by atomic mass is 10.1. The number of carbonyl (C=O) groups excluding carboxylic acids is 2. The van der Waals surface area contributed by atoms with E-state index in [1.165, 1.54) is 12.0 Å². The number of benzene rings is 2. The van der Waals surface area contributed by atoms with Gasteiger partial charge in [0.25, 0.3) is 0 Å². The lowest BCUT2D eigenvalue weighted by Gasteiger charge is -2.32. The standard InChI is InChI=1S/C25H35N3O5S/c1-7-19(3)26-25(30)20(4)27(16-21-12-10-11-18(2)15-21)24(29)17-28(34(6,31)32)22-13-8-9-14-23(22)33-5/h8-15,19-20H,7,16-17H2,1-6H3,(H,26,30)/t19-,20+/m1/s1. The van der Waals surface area contributed by atoms with E-state index in [9.17, 15) is 18.0 Å². The molecule has 0 aliphatic rings. The van der Waals surface area contributed by atoms with Crippen LogP contribution >= 0.6 is 0 Å². The van der Waals surface area contributed by atoms with Gasteiger partial charge in [-0.2, -0.15) is 0 Å². The maximum atomic E-state index is 13.6. The maximum Gasteiger partial charge on any atom is 0.244 e. The van der Waals surface area contributed by atoms with Crippen LogP contribution in [-0.4, -0.2) is 57.1 Å². The number of sulfonamides is 1. The highest BCUT2D eigenvalue weighted by atomic mass is 32.2. The van der Waals surface area contributed by atoms with Gasteiger partial charge in [0.15, 0.2) is 0 Å². The minimum Gasteiger partial charge on any atom is -0.495 e. The summed E-state index contributed by atoms with van der Waals surface area (Å²) in [6.45, 7) is 7.15. The summed E-state index contributed by atoms with van der Waals surface area (Å²) in [6, 6.07) is 13.4. The molecule has 0 bridgehead atoms. The molecule has 0 saturated heterocycles. The topological polar surface area (TPSA) is 96.0 Å². The average molecular weight is 490 g/mol. The van der Waals surface area contributed by atoms with Crippen molar-refractivity contribution in [1.29, 1.82) is 0 Å². The smallest absolute Gasteiger partial charge is 0.244 e. The van der Waals surface area contributed by atoms with Gasteiger partial charge >= 0.3 is 0 Å². The van der Waals surface area contributed by atoms with Gasteiger partial charge in [0.2, 0.25) is 21.8 Å². The number of amides is 2. The Bertz CT molecular complexity index is 1100. The molecule has 0 aliphatic heterocycles. The molecule has 0 fully saturated rings. The van der Waals surface area contributed by atoms with Crippen molar-refractivity contribution in [3.63, 3.8) is 0 Å². The summed E-state index contributed by atoms with van der Waals surface area (Å²) in [4.78, 5) is 27.9. The molecule has 2 aromatic rings. The van der Waals surface area contributed by atoms with E-state index in [1.54, 1.807) is 31.2 Å². The summed E-state index contributed by atoms with van der Waals surface area (Å²) >= 11 is 0. The quantitative estimate of drug-likeness (QED) is 0.523. The molecule has 34 heavy (non-hydrogen) atoms. The van der Waals surface area contributed by atoms with Crippen LogP contribution in [0.1, 0.15) is 38.3 Å². The normalized spacial score (nSPS) is 13.0. The summed E-state index contributed by atoms with van der Waals surface area (Å²) in [5.41, 5.74) is 2.13. The number of para-hydroxylation sites is 2. The van der Waals surface area contributed by atoms with Crippen molar-refractivity contribution in [3.05, 3.63) is 59.7 Å². The fourth-order valence-electron chi connectivity index (χ4n) is 3.49. The monoisotopic (exact) mass is 489 g/mol. The zero-order valence-electron chi connectivity index (χ0n) is 20.7. The third kappa shape index (κ3) is 7.21. The number of hydrogen-bond donors (Lipinski definition) is 1. The lowest BCUT2D eigenvalue weighted by molar-refractivity contribution is -0.139. The van der Waals surface area contributed by atoms with Crippen LogP contribution in [0.3, 0.4) is 0 Å². The number of methoxy groups -OCH3 is 1. The summed E-state index contributed by atoms with van der Waals surface area (Å²) in [6.07, 6.45) is 1.79. The molecule has 0 aliphatic carbocycles. The van der Waals surface area contributed by atoms with E-state index >= 15 is 0 Å². The average Bonchev–Trinajstić information content (AvgIpc) is 2.79. The van der Waals surface area contributed by atoms with Gasteiger partial charge in [0, 0.05) is 12.6 Å². The summed E-state index contributed by atoms with van der Waals surface area (Å²) < 4.78 is 31.7. The molecule has 0 heterocycles. The maximum absolute atomic E-state index is 13.6. The molecule has 8 nitrogen and oxygen atoms in total. The van der Waals surface area contributed by atoms with Crippen LogP contribution in [0.5, 0.6) is 5.75 Å². The van der Waals surface area contributed by atoms with E-state index in [0.29, 0.717) is 5.75 Å². The minimum absolute atomic E-state index is 0.0491. The number of carbonyl (C=O) groups is 2. The first-order chi connectivity index (χ1) is 16.0. The third-order valence-corrected chi connectivity index (χ3v) is 6.76. The molecule has 0 saturated carbocycles. The van der Waals surface area contributed by atoms with E-state index in [4.69, 9.17) is 4.74 Å². The molecule has 0 unspecified atom stereocenters. The zero-order chi connectivity index (χ0) is 25.5. The van der Waals surface area contributed by atoms with Crippen LogP contribution in [0.4, 0.5) is 5.69 Å². The van der Waals surface area contributed by atoms with Crippen molar-refractivity contribution >= 4 is 27.5 Å². The molecule has 2 amide bonds. The molecule has 2 aromatic carbocycles. The van der Waals surface area contributed by atoms with Gasteiger partial charge in [-0.1, -0.05) is 48.9 Å². The molecule has 0 radical (unpaired) electrons. The van der Waals surface area contributed by atoms with Gasteiger partial charge in [-0.15, -0.1) is 0 Å². The molecule has 2 atom stereocenters. The van der Waals surface area contributed by atoms with Crippen molar-refractivity contribution in [2.24, 2.45) is 0 Å². The fraction of sp³-hybridized carbons (Fsp3) is 0.440. The lowest BCUT2D eigenvalue weighted by Crippen LogP contribution is -2.52. The number of hydrogen-bond acceptors (Lipinski definition) is 5. The summed E-state index contributed by atoms with van der Waals surface area (Å²) in [7, 11) is -2.39. The number of ether oxygens (including phenoxy) is 1. The predicted molar refractivity (Wildman–Crippen MR) is 134 cm³/mol. The molecule has 186 valence electrons. The van der Waals surface area contributed by atoms with E-state index in [0.717, 1.165) is 28.1 Å². The van der Waals surface area contributed by atoms with Gasteiger partial charge in [-0.25, -0.2) is 8.42 Å². The van der Waals surface area contributed by atoms with Gasteiger partial charge in [0.05, 0.1) is 19.1 Å². The number of rotatable bonds is 11. The first kappa shape index (κ1) is 27.2. The highest BCUT2D eigenvalue weighted by molar-refractivity contribution is 7.92. The van der Waals surface area contributed by atoms with Crippen molar-refractivity contribution in [3.8, 4) is 5.75 Å². The first-order valence-corrected chi connectivity index (χ1v) is 13.1. The van der Waals surface area contributed by atoms with Crippen molar-refractivity contribution < 1.29 is 22.7 Å². The fourth-order valence-corrected chi connectivity index (χ4v) is 4.34. The van der Waals surface area contributed by atoms with Crippen LogP contribution in [0.25, 0.3) is 0 Å². The number of nitrogens with one attached hydrogen (secondary N) is 1. The Kier molecular flexibility index (Phi) is 9.49. The van der Waals surface area contributed by atoms with E-state index in [-0.39, 0.29) is 24.2 Å². The van der Waals surface area contributed by atoms with E-state index in [2.05, 4.69) is 5.32 Å². The molecule has 2 rings (SSSR count). The number of anilines is 1. The SMILES string of the molecule is CC[C@@H](C)NC(=O)[C@H](C)N(Cc1cccc(C)c1)C(=O)CN(c1ccccc1OC)S(C)(=O)=O. The Balaban J connectivity index is 2.42. The van der Waals surface area contributed by atoms with Gasteiger partial charge in [-0.3, -0.25) is 13.9 Å². The minimum atomic E-state index is -3.82. The highest BCUT2D eigenvalue weighted by Crippen LogP contribution is 2.29. The van der Waals surface area contributed by atoms with Crippen LogP contribution in [0.2, 0.25) is 0 Å². The van der Waals surface area contributed by atoms with Crippen LogP contribution in [0.15, 0.2) is 48.5 Å². The highest BCUT2D eigenvalue weighted by Gasteiger charge is 2.31. The van der Waals surface area contributed by atoms with Gasteiger partial charge < -0.3 is 15.0 Å². The molecule has 9 heteroatoms. The van der Waals surface area contributed by atoms with Crippen LogP contribution in [0, 0.1) is 6.92 Å². The predicted octanol–water partition coefficient (Wildman–Crippen LogP) is 3.10. The molecular weight excluding hydrogens is 454 g/mol. The molecule has 0 spiro atoms. The van der Waals surface area contributed by atoms with Crippen LogP contribution < -0.4 is 14.4 Å². The zero-order valence-corrected chi connectivity index (χ0v) is 21.6.